The fraction of sp³-hybridized carbons (Fsp3) is 0.333. The van der Waals surface area contributed by atoms with Crippen LogP contribution in [0.1, 0.15) is 33.3 Å². The molecule has 1 aromatic heterocycles. The number of fused-ring (bicyclic) bond motifs is 1. The number of nitrogens with zero attached hydrogens (tertiary/aromatic N) is 4. The molecule has 3 heterocycles. The number of carbonyl (C=O) groups excluding carboxylic acids is 3. The molecule has 1 atom stereocenters. The van der Waals surface area contributed by atoms with E-state index in [-0.39, 0.29) is 23.6 Å². The second-order valence-electron chi connectivity index (χ2n) is 7.22. The maximum absolute atomic E-state index is 13.2. The number of piperazine rings is 1. The fourth-order valence-corrected chi connectivity index (χ4v) is 3.89. The van der Waals surface area contributed by atoms with Crippen LogP contribution >= 0.6 is 0 Å². The number of rotatable bonds is 3. The van der Waals surface area contributed by atoms with Crippen LogP contribution in [0, 0.1) is 0 Å². The van der Waals surface area contributed by atoms with Gasteiger partial charge in [0, 0.05) is 49.7 Å². The largest absolute Gasteiger partial charge is 0.342 e. The third kappa shape index (κ3) is 3.24. The van der Waals surface area contributed by atoms with Crippen molar-refractivity contribution in [1.29, 1.82) is 0 Å². The van der Waals surface area contributed by atoms with Gasteiger partial charge in [-0.15, -0.1) is 0 Å². The average molecular weight is 378 g/mol. The lowest BCUT2D eigenvalue weighted by Crippen LogP contribution is -2.48. The first-order chi connectivity index (χ1) is 13.6. The van der Waals surface area contributed by atoms with E-state index < -0.39 is 0 Å². The van der Waals surface area contributed by atoms with E-state index in [0.29, 0.717) is 31.7 Å². The van der Waals surface area contributed by atoms with Crippen LogP contribution in [0.3, 0.4) is 0 Å². The quantitative estimate of drug-likeness (QED) is 0.761. The van der Waals surface area contributed by atoms with E-state index >= 15 is 0 Å². The van der Waals surface area contributed by atoms with Crippen molar-refractivity contribution in [2.45, 2.75) is 19.4 Å². The molecule has 0 saturated carbocycles. The Balaban J connectivity index is 1.55. The monoisotopic (exact) mass is 378 g/mol. The first-order valence-corrected chi connectivity index (χ1v) is 9.44. The maximum Gasteiger partial charge on any atom is 0.272 e. The maximum atomic E-state index is 13.2. The summed E-state index contributed by atoms with van der Waals surface area (Å²) >= 11 is 0. The van der Waals surface area contributed by atoms with E-state index in [9.17, 15) is 14.4 Å². The summed E-state index contributed by atoms with van der Waals surface area (Å²) in [5.74, 6) is -0.338. The van der Waals surface area contributed by atoms with Gasteiger partial charge < -0.3 is 14.7 Å². The Bertz CT molecular complexity index is 921. The molecule has 28 heavy (non-hydrogen) atoms. The number of anilines is 1. The second-order valence-corrected chi connectivity index (χ2v) is 7.22. The second kappa shape index (κ2) is 7.42. The van der Waals surface area contributed by atoms with Crippen molar-refractivity contribution in [3.05, 3.63) is 59.4 Å². The minimum absolute atomic E-state index is 0.0636. The summed E-state index contributed by atoms with van der Waals surface area (Å²) in [6, 6.07) is 11.2. The van der Waals surface area contributed by atoms with E-state index in [1.54, 1.807) is 26.8 Å². The number of pyridine rings is 1. The molecule has 0 bridgehead atoms. The summed E-state index contributed by atoms with van der Waals surface area (Å²) in [7, 11) is 0. The number of carbonyl (C=O) groups is 3. The number of hydrogen-bond acceptors (Lipinski definition) is 4. The third-order valence-corrected chi connectivity index (χ3v) is 5.40. The van der Waals surface area contributed by atoms with E-state index in [1.807, 2.05) is 31.2 Å². The van der Waals surface area contributed by atoms with Crippen LogP contribution < -0.4 is 4.90 Å². The molecule has 1 aromatic carbocycles. The molecule has 7 heteroatoms. The molecule has 4 rings (SSSR count). The molecule has 1 saturated heterocycles. The summed E-state index contributed by atoms with van der Waals surface area (Å²) < 4.78 is 0. The van der Waals surface area contributed by atoms with Gasteiger partial charge in [-0.3, -0.25) is 19.4 Å². The standard InChI is InChI=1S/C21H22N4O3/c1-15-12-16-4-2-3-5-19(16)25(15)20(27)17-6-7-22-18(13-17)21(28)24-10-8-23(14-26)9-11-24/h2-7,13-15H,8-12H2,1H3. The fourth-order valence-electron chi connectivity index (χ4n) is 3.89. The van der Waals surface area contributed by atoms with Gasteiger partial charge in [0.05, 0.1) is 0 Å². The molecule has 1 unspecified atom stereocenters. The van der Waals surface area contributed by atoms with Gasteiger partial charge in [0.15, 0.2) is 0 Å². The Morgan fingerprint density at radius 3 is 2.57 bits per heavy atom. The molecule has 2 aromatic rings. The van der Waals surface area contributed by atoms with Crippen molar-refractivity contribution >= 4 is 23.9 Å². The van der Waals surface area contributed by atoms with Crippen molar-refractivity contribution in [2.75, 3.05) is 31.1 Å². The average Bonchev–Trinajstić information content (AvgIpc) is 3.08. The van der Waals surface area contributed by atoms with Gasteiger partial charge in [-0.25, -0.2) is 0 Å². The van der Waals surface area contributed by atoms with Crippen LogP contribution in [0.15, 0.2) is 42.6 Å². The Labute approximate surface area is 163 Å². The predicted molar refractivity (Wildman–Crippen MR) is 104 cm³/mol. The zero-order valence-corrected chi connectivity index (χ0v) is 15.7. The summed E-state index contributed by atoms with van der Waals surface area (Å²) in [4.78, 5) is 46.1. The summed E-state index contributed by atoms with van der Waals surface area (Å²) in [6.07, 6.45) is 3.13. The Morgan fingerprint density at radius 2 is 1.82 bits per heavy atom. The number of para-hydroxylation sites is 1. The number of benzene rings is 1. The van der Waals surface area contributed by atoms with Crippen molar-refractivity contribution in [1.82, 2.24) is 14.8 Å². The molecule has 7 nitrogen and oxygen atoms in total. The first kappa shape index (κ1) is 18.2. The Hall–Kier alpha value is -3.22. The molecule has 144 valence electrons. The highest BCUT2D eigenvalue weighted by atomic mass is 16.2. The highest BCUT2D eigenvalue weighted by molar-refractivity contribution is 6.08. The SMILES string of the molecule is CC1Cc2ccccc2N1C(=O)c1ccnc(C(=O)N2CCN(C=O)CC2)c1. The summed E-state index contributed by atoms with van der Waals surface area (Å²) in [6.45, 7) is 3.98. The van der Waals surface area contributed by atoms with Crippen LogP contribution in [0.4, 0.5) is 5.69 Å². The van der Waals surface area contributed by atoms with E-state index in [0.717, 1.165) is 24.1 Å². The van der Waals surface area contributed by atoms with Crippen molar-refractivity contribution in [3.8, 4) is 0 Å². The number of amides is 3. The zero-order valence-electron chi connectivity index (χ0n) is 15.7. The lowest BCUT2D eigenvalue weighted by atomic mass is 10.1. The molecule has 0 spiro atoms. The predicted octanol–water partition coefficient (Wildman–Crippen LogP) is 1.59. The third-order valence-electron chi connectivity index (χ3n) is 5.40. The minimum atomic E-state index is -0.213. The number of hydrogen-bond donors (Lipinski definition) is 0. The Kier molecular flexibility index (Phi) is 4.81. The van der Waals surface area contributed by atoms with E-state index in [4.69, 9.17) is 0 Å². The van der Waals surface area contributed by atoms with Crippen LogP contribution in [0.5, 0.6) is 0 Å². The number of aromatic nitrogens is 1. The molecule has 0 N–H and O–H groups in total. The van der Waals surface area contributed by atoms with Crippen molar-refractivity contribution in [2.24, 2.45) is 0 Å². The normalized spacial score (nSPS) is 18.8. The highest BCUT2D eigenvalue weighted by Crippen LogP contribution is 2.33. The topological polar surface area (TPSA) is 73.8 Å². The molecule has 3 amide bonds. The molecular weight excluding hydrogens is 356 g/mol. The van der Waals surface area contributed by atoms with Crippen LogP contribution in [-0.4, -0.2) is 65.2 Å². The smallest absolute Gasteiger partial charge is 0.272 e. The van der Waals surface area contributed by atoms with Gasteiger partial charge in [0.1, 0.15) is 5.69 Å². The molecule has 2 aliphatic rings. The van der Waals surface area contributed by atoms with E-state index in [2.05, 4.69) is 4.98 Å². The highest BCUT2D eigenvalue weighted by Gasteiger charge is 2.32. The molecule has 0 radical (unpaired) electrons. The van der Waals surface area contributed by atoms with Crippen molar-refractivity contribution in [3.63, 3.8) is 0 Å². The van der Waals surface area contributed by atoms with E-state index in [1.165, 1.54) is 6.20 Å². The lowest BCUT2D eigenvalue weighted by Gasteiger charge is -2.32. The molecule has 0 aliphatic carbocycles. The first-order valence-electron chi connectivity index (χ1n) is 9.44. The summed E-state index contributed by atoms with van der Waals surface area (Å²) in [5.41, 5.74) is 2.79. The van der Waals surface area contributed by atoms with Gasteiger partial charge in [0.2, 0.25) is 6.41 Å². The Morgan fingerprint density at radius 1 is 1.07 bits per heavy atom. The van der Waals surface area contributed by atoms with Crippen LogP contribution in [-0.2, 0) is 11.2 Å². The summed E-state index contributed by atoms with van der Waals surface area (Å²) in [5, 5.41) is 0. The van der Waals surface area contributed by atoms with Crippen LogP contribution in [0.25, 0.3) is 0 Å². The van der Waals surface area contributed by atoms with Crippen molar-refractivity contribution < 1.29 is 14.4 Å². The molecular formula is C21H22N4O3. The molecule has 1 fully saturated rings. The van der Waals surface area contributed by atoms with Gasteiger partial charge in [0.25, 0.3) is 11.8 Å². The lowest BCUT2D eigenvalue weighted by molar-refractivity contribution is -0.119. The minimum Gasteiger partial charge on any atom is -0.342 e. The molecule has 2 aliphatic heterocycles. The van der Waals surface area contributed by atoms with Gasteiger partial charge in [-0.1, -0.05) is 18.2 Å². The van der Waals surface area contributed by atoms with Gasteiger partial charge >= 0.3 is 0 Å². The zero-order chi connectivity index (χ0) is 19.7. The van der Waals surface area contributed by atoms with Crippen LogP contribution in [0.2, 0.25) is 0 Å². The van der Waals surface area contributed by atoms with Gasteiger partial charge in [-0.05, 0) is 37.1 Å². The van der Waals surface area contributed by atoms with Gasteiger partial charge in [-0.2, -0.15) is 0 Å².